The van der Waals surface area contributed by atoms with E-state index in [-0.39, 0.29) is 6.61 Å². The maximum absolute atomic E-state index is 13.2. The van der Waals surface area contributed by atoms with Crippen molar-refractivity contribution in [1.82, 2.24) is 25.5 Å². The first kappa shape index (κ1) is 22.6. The Balaban J connectivity index is 1.56. The van der Waals surface area contributed by atoms with Crippen molar-refractivity contribution in [2.24, 2.45) is 7.05 Å². The number of benzene rings is 2. The van der Waals surface area contributed by atoms with Gasteiger partial charge in [-0.3, -0.25) is 0 Å². The van der Waals surface area contributed by atoms with Crippen LogP contribution in [0, 0.1) is 5.82 Å². The zero-order chi connectivity index (χ0) is 21.5. The predicted octanol–water partition coefficient (Wildman–Crippen LogP) is 4.13. The number of hydrogen-bond donors (Lipinski definition) is 1. The molecule has 3 aromatic rings. The second-order valence-electron chi connectivity index (χ2n) is 6.24. The normalized spacial score (nSPS) is 11.0. The standard InChI is InChI=1S/C19H20Cl2FN5O2S/c1-27-19(24-25-26-27)30-6-5-23-10-12-7-16(21)18(17(8-12)28-2)29-11-13-3-4-14(22)9-15(13)20/h3-4,7-9,23H,5-6,10-11H2,1-2H3. The van der Waals surface area contributed by atoms with E-state index in [4.69, 9.17) is 32.7 Å². The van der Waals surface area contributed by atoms with Crippen LogP contribution in [0.4, 0.5) is 4.39 Å². The van der Waals surface area contributed by atoms with E-state index in [0.717, 1.165) is 23.0 Å². The number of halogens is 3. The summed E-state index contributed by atoms with van der Waals surface area (Å²) in [5.41, 5.74) is 1.60. The van der Waals surface area contributed by atoms with E-state index in [1.807, 2.05) is 12.1 Å². The third-order valence-electron chi connectivity index (χ3n) is 4.10. The van der Waals surface area contributed by atoms with Gasteiger partial charge in [0.05, 0.1) is 17.2 Å². The lowest BCUT2D eigenvalue weighted by Gasteiger charge is -2.15. The van der Waals surface area contributed by atoms with Crippen LogP contribution in [0.5, 0.6) is 11.5 Å². The molecule has 0 radical (unpaired) electrons. The van der Waals surface area contributed by atoms with Crippen LogP contribution in [0.1, 0.15) is 11.1 Å². The predicted molar refractivity (Wildman–Crippen MR) is 115 cm³/mol. The molecule has 160 valence electrons. The van der Waals surface area contributed by atoms with Crippen molar-refractivity contribution in [1.29, 1.82) is 0 Å². The second-order valence-corrected chi connectivity index (χ2v) is 8.12. The van der Waals surface area contributed by atoms with Crippen LogP contribution in [0.15, 0.2) is 35.5 Å². The van der Waals surface area contributed by atoms with Gasteiger partial charge in [-0.1, -0.05) is 41.0 Å². The molecule has 2 aromatic carbocycles. The molecule has 1 heterocycles. The van der Waals surface area contributed by atoms with Gasteiger partial charge in [-0.25, -0.2) is 9.07 Å². The summed E-state index contributed by atoms with van der Waals surface area (Å²) in [7, 11) is 3.35. The summed E-state index contributed by atoms with van der Waals surface area (Å²) in [4.78, 5) is 0. The zero-order valence-corrected chi connectivity index (χ0v) is 18.7. The highest BCUT2D eigenvalue weighted by Gasteiger charge is 2.13. The lowest BCUT2D eigenvalue weighted by Crippen LogP contribution is -2.17. The van der Waals surface area contributed by atoms with Crippen LogP contribution in [0.3, 0.4) is 0 Å². The Bertz CT molecular complexity index is 1010. The third kappa shape index (κ3) is 5.98. The van der Waals surface area contributed by atoms with Gasteiger partial charge in [0, 0.05) is 31.5 Å². The van der Waals surface area contributed by atoms with Crippen molar-refractivity contribution in [3.8, 4) is 11.5 Å². The molecule has 0 spiro atoms. The molecule has 3 rings (SSSR count). The average Bonchev–Trinajstić information content (AvgIpc) is 3.12. The van der Waals surface area contributed by atoms with E-state index in [9.17, 15) is 4.39 Å². The Labute approximate surface area is 187 Å². The van der Waals surface area contributed by atoms with Crippen molar-refractivity contribution in [3.05, 3.63) is 57.3 Å². The molecule has 0 saturated carbocycles. The minimum absolute atomic E-state index is 0.140. The Hall–Kier alpha value is -2.07. The maximum atomic E-state index is 13.2. The van der Waals surface area contributed by atoms with Gasteiger partial charge < -0.3 is 14.8 Å². The van der Waals surface area contributed by atoms with Crippen molar-refractivity contribution in [2.75, 3.05) is 19.4 Å². The number of nitrogens with one attached hydrogen (secondary N) is 1. The minimum atomic E-state index is -0.400. The molecule has 0 saturated heterocycles. The van der Waals surface area contributed by atoms with Crippen molar-refractivity contribution in [2.45, 2.75) is 18.3 Å². The number of aryl methyl sites for hydroxylation is 1. The molecule has 11 heteroatoms. The summed E-state index contributed by atoms with van der Waals surface area (Å²) in [6.07, 6.45) is 0. The molecule has 0 unspecified atom stereocenters. The molecule has 1 N–H and O–H groups in total. The van der Waals surface area contributed by atoms with E-state index in [1.165, 1.54) is 12.1 Å². The number of methoxy groups -OCH3 is 1. The molecular formula is C19H20Cl2FN5O2S. The maximum Gasteiger partial charge on any atom is 0.209 e. The number of rotatable bonds is 10. The summed E-state index contributed by atoms with van der Waals surface area (Å²) in [6, 6.07) is 7.83. The fraction of sp³-hybridized carbons (Fsp3) is 0.316. The Morgan fingerprint density at radius 1 is 1.20 bits per heavy atom. The highest BCUT2D eigenvalue weighted by molar-refractivity contribution is 7.99. The van der Waals surface area contributed by atoms with E-state index in [1.54, 1.807) is 36.7 Å². The highest BCUT2D eigenvalue weighted by atomic mass is 35.5. The van der Waals surface area contributed by atoms with Gasteiger partial charge in [-0.05, 0) is 40.3 Å². The summed E-state index contributed by atoms with van der Waals surface area (Å²) in [5, 5.41) is 16.2. The lowest BCUT2D eigenvalue weighted by atomic mass is 10.2. The molecule has 30 heavy (non-hydrogen) atoms. The van der Waals surface area contributed by atoms with E-state index in [2.05, 4.69) is 20.8 Å². The molecule has 7 nitrogen and oxygen atoms in total. The van der Waals surface area contributed by atoms with Crippen LogP contribution < -0.4 is 14.8 Å². The Morgan fingerprint density at radius 3 is 2.73 bits per heavy atom. The number of hydrogen-bond acceptors (Lipinski definition) is 7. The first-order valence-electron chi connectivity index (χ1n) is 8.97. The summed E-state index contributed by atoms with van der Waals surface area (Å²) in [6.45, 7) is 1.51. The number of thioether (sulfide) groups is 1. The Kier molecular flexibility index (Phi) is 8.15. The average molecular weight is 472 g/mol. The van der Waals surface area contributed by atoms with Crippen LogP contribution in [0.25, 0.3) is 0 Å². The second kappa shape index (κ2) is 10.8. The summed E-state index contributed by atoms with van der Waals surface area (Å²) >= 11 is 14.0. The first-order chi connectivity index (χ1) is 14.5. The monoisotopic (exact) mass is 471 g/mol. The SMILES string of the molecule is COc1cc(CNCCSc2nnnn2C)cc(Cl)c1OCc1ccc(F)cc1Cl. The fourth-order valence-electron chi connectivity index (χ4n) is 2.59. The van der Waals surface area contributed by atoms with Crippen LogP contribution >= 0.6 is 35.0 Å². The molecule has 0 aliphatic carbocycles. The first-order valence-corrected chi connectivity index (χ1v) is 10.7. The smallest absolute Gasteiger partial charge is 0.209 e. The number of tetrazole rings is 1. The van der Waals surface area contributed by atoms with Gasteiger partial charge in [0.25, 0.3) is 0 Å². The van der Waals surface area contributed by atoms with Gasteiger partial charge in [0.2, 0.25) is 5.16 Å². The summed E-state index contributed by atoms with van der Waals surface area (Å²) in [5.74, 6) is 1.34. The van der Waals surface area contributed by atoms with Crippen molar-refractivity contribution < 1.29 is 13.9 Å². The Morgan fingerprint density at radius 2 is 2.03 bits per heavy atom. The van der Waals surface area contributed by atoms with Gasteiger partial charge in [-0.15, -0.1) is 5.10 Å². The van der Waals surface area contributed by atoms with Crippen LogP contribution in [-0.4, -0.2) is 39.6 Å². The molecular weight excluding hydrogens is 452 g/mol. The zero-order valence-electron chi connectivity index (χ0n) is 16.4. The van der Waals surface area contributed by atoms with E-state index in [0.29, 0.717) is 33.7 Å². The van der Waals surface area contributed by atoms with Crippen molar-refractivity contribution >= 4 is 35.0 Å². The minimum Gasteiger partial charge on any atom is -0.493 e. The van der Waals surface area contributed by atoms with Gasteiger partial charge >= 0.3 is 0 Å². The molecule has 0 fully saturated rings. The van der Waals surface area contributed by atoms with E-state index >= 15 is 0 Å². The molecule has 1 aromatic heterocycles. The molecule has 0 bridgehead atoms. The number of aromatic nitrogens is 4. The van der Waals surface area contributed by atoms with E-state index < -0.39 is 5.82 Å². The highest BCUT2D eigenvalue weighted by Crippen LogP contribution is 2.37. The van der Waals surface area contributed by atoms with Gasteiger partial charge in [0.1, 0.15) is 12.4 Å². The molecule has 0 atom stereocenters. The summed E-state index contributed by atoms with van der Waals surface area (Å²) < 4.78 is 26.1. The van der Waals surface area contributed by atoms with Crippen LogP contribution in [0.2, 0.25) is 10.0 Å². The van der Waals surface area contributed by atoms with Gasteiger partial charge in [-0.2, -0.15) is 0 Å². The topological polar surface area (TPSA) is 74.1 Å². The van der Waals surface area contributed by atoms with Crippen LogP contribution in [-0.2, 0) is 20.2 Å². The quantitative estimate of drug-likeness (QED) is 0.352. The fourth-order valence-corrected chi connectivity index (χ4v) is 3.85. The number of nitrogens with zero attached hydrogens (tertiary/aromatic N) is 4. The molecule has 0 aliphatic heterocycles. The molecule has 0 amide bonds. The van der Waals surface area contributed by atoms with Gasteiger partial charge in [0.15, 0.2) is 11.5 Å². The van der Waals surface area contributed by atoms with Crippen molar-refractivity contribution in [3.63, 3.8) is 0 Å². The molecule has 0 aliphatic rings. The lowest BCUT2D eigenvalue weighted by molar-refractivity contribution is 0.284. The third-order valence-corrected chi connectivity index (χ3v) is 5.74. The largest absolute Gasteiger partial charge is 0.493 e. The number of ether oxygens (including phenoxy) is 2.